The van der Waals surface area contributed by atoms with Gasteiger partial charge in [0.25, 0.3) is 0 Å². The van der Waals surface area contributed by atoms with Crippen LogP contribution in [0.5, 0.6) is 0 Å². The Bertz CT molecular complexity index is 436. The lowest BCUT2D eigenvalue weighted by Gasteiger charge is -2.40. The molecule has 1 N–H and O–H groups in total. The van der Waals surface area contributed by atoms with Crippen LogP contribution in [0, 0.1) is 0 Å². The third-order valence-electron chi connectivity index (χ3n) is 3.90. The molecule has 2 radical (unpaired) electrons. The van der Waals surface area contributed by atoms with Gasteiger partial charge in [-0.1, -0.05) is 12.1 Å². The second kappa shape index (κ2) is 4.33. The van der Waals surface area contributed by atoms with E-state index in [1.807, 2.05) is 12.1 Å². The van der Waals surface area contributed by atoms with E-state index in [4.69, 9.17) is 17.3 Å². The highest BCUT2D eigenvalue weighted by atomic mass is 16.7. The van der Waals surface area contributed by atoms with E-state index in [-0.39, 0.29) is 0 Å². The molecule has 0 aromatic carbocycles. The van der Waals surface area contributed by atoms with E-state index in [1.54, 1.807) is 6.07 Å². The third kappa shape index (κ3) is 2.07. The molecule has 0 atom stereocenters. The van der Waals surface area contributed by atoms with Crippen LogP contribution in [0.4, 0.5) is 0 Å². The zero-order valence-electron chi connectivity index (χ0n) is 10.3. The SMILES string of the molecule is [B]c1cccc(C2(O)CCC3(CC2)OCCO3)n1. The lowest BCUT2D eigenvalue weighted by molar-refractivity contribution is -0.204. The molecule has 0 unspecified atom stereocenters. The molecule has 3 rings (SSSR count). The van der Waals surface area contributed by atoms with Gasteiger partial charge in [-0.2, -0.15) is 0 Å². The summed E-state index contributed by atoms with van der Waals surface area (Å²) in [6.45, 7) is 1.30. The molecule has 2 heterocycles. The van der Waals surface area contributed by atoms with Gasteiger partial charge in [0.15, 0.2) is 5.79 Å². The van der Waals surface area contributed by atoms with Gasteiger partial charge in [0.2, 0.25) is 0 Å². The van der Waals surface area contributed by atoms with E-state index in [0.29, 0.717) is 50.2 Å². The largest absolute Gasteiger partial charge is 0.384 e. The number of rotatable bonds is 1. The first-order valence-corrected chi connectivity index (χ1v) is 6.35. The van der Waals surface area contributed by atoms with Gasteiger partial charge in [0, 0.05) is 12.8 Å². The van der Waals surface area contributed by atoms with Crippen molar-refractivity contribution in [2.75, 3.05) is 13.2 Å². The summed E-state index contributed by atoms with van der Waals surface area (Å²) in [6, 6.07) is 5.37. The molecule has 94 valence electrons. The quantitative estimate of drug-likeness (QED) is 0.727. The fourth-order valence-corrected chi connectivity index (χ4v) is 2.80. The lowest BCUT2D eigenvalue weighted by atomic mass is 9.79. The van der Waals surface area contributed by atoms with Crippen LogP contribution in [0.15, 0.2) is 18.2 Å². The molecule has 1 saturated heterocycles. The smallest absolute Gasteiger partial charge is 0.168 e. The Balaban J connectivity index is 1.78. The molecule has 1 aliphatic heterocycles. The first-order chi connectivity index (χ1) is 8.62. The molecule has 0 bridgehead atoms. The van der Waals surface area contributed by atoms with Crippen molar-refractivity contribution in [3.63, 3.8) is 0 Å². The third-order valence-corrected chi connectivity index (χ3v) is 3.90. The maximum absolute atomic E-state index is 10.7. The number of ether oxygens (including phenoxy) is 2. The Morgan fingerprint density at radius 1 is 1.11 bits per heavy atom. The van der Waals surface area contributed by atoms with Crippen molar-refractivity contribution in [2.45, 2.75) is 37.1 Å². The van der Waals surface area contributed by atoms with E-state index >= 15 is 0 Å². The van der Waals surface area contributed by atoms with Crippen molar-refractivity contribution in [2.24, 2.45) is 0 Å². The van der Waals surface area contributed by atoms with E-state index < -0.39 is 11.4 Å². The van der Waals surface area contributed by atoms with E-state index in [1.165, 1.54) is 0 Å². The lowest BCUT2D eigenvalue weighted by Crippen LogP contribution is -2.42. The molecule has 1 aliphatic carbocycles. The standard InChI is InChI=1S/C13H16BNO3/c14-11-3-1-2-10(15-11)12(16)4-6-13(7-5-12)17-8-9-18-13/h1-3,16H,4-9H2. The summed E-state index contributed by atoms with van der Waals surface area (Å²) < 4.78 is 11.3. The van der Waals surface area contributed by atoms with Crippen molar-refractivity contribution in [3.8, 4) is 0 Å². The maximum Gasteiger partial charge on any atom is 0.168 e. The van der Waals surface area contributed by atoms with Gasteiger partial charge < -0.3 is 14.6 Å². The van der Waals surface area contributed by atoms with Crippen LogP contribution in [-0.4, -0.2) is 36.9 Å². The van der Waals surface area contributed by atoms with Crippen LogP contribution in [0.25, 0.3) is 0 Å². The second-order valence-electron chi connectivity index (χ2n) is 5.09. The minimum atomic E-state index is -0.907. The summed E-state index contributed by atoms with van der Waals surface area (Å²) in [7, 11) is 5.67. The normalized spacial score (nSPS) is 25.4. The number of hydrogen-bond donors (Lipinski definition) is 1. The van der Waals surface area contributed by atoms with Gasteiger partial charge >= 0.3 is 0 Å². The summed E-state index contributed by atoms with van der Waals surface area (Å²) >= 11 is 0. The minimum Gasteiger partial charge on any atom is -0.384 e. The van der Waals surface area contributed by atoms with E-state index in [0.717, 1.165) is 0 Å². The summed E-state index contributed by atoms with van der Waals surface area (Å²) in [5.74, 6) is -0.466. The molecule has 1 aromatic heterocycles. The molecular weight excluding hydrogens is 229 g/mol. The number of aliphatic hydroxyl groups is 1. The molecule has 5 heteroatoms. The zero-order chi connectivity index (χ0) is 12.6. The summed E-state index contributed by atoms with van der Waals surface area (Å²) in [6.07, 6.45) is 2.56. The fourth-order valence-electron chi connectivity index (χ4n) is 2.80. The average Bonchev–Trinajstić information content (AvgIpc) is 2.83. The number of pyridine rings is 1. The van der Waals surface area contributed by atoms with Crippen LogP contribution in [0.3, 0.4) is 0 Å². The Morgan fingerprint density at radius 3 is 2.39 bits per heavy atom. The van der Waals surface area contributed by atoms with Crippen molar-refractivity contribution < 1.29 is 14.6 Å². The highest BCUT2D eigenvalue weighted by Gasteiger charge is 2.46. The predicted octanol–water partition coefficient (Wildman–Crippen LogP) is 0.380. The van der Waals surface area contributed by atoms with Crippen molar-refractivity contribution in [1.82, 2.24) is 4.98 Å². The first-order valence-electron chi connectivity index (χ1n) is 6.35. The number of nitrogens with zero attached hydrogens (tertiary/aromatic N) is 1. The highest BCUT2D eigenvalue weighted by Crippen LogP contribution is 2.44. The zero-order valence-corrected chi connectivity index (χ0v) is 10.3. The molecule has 4 nitrogen and oxygen atoms in total. The van der Waals surface area contributed by atoms with Crippen LogP contribution < -0.4 is 5.59 Å². The van der Waals surface area contributed by atoms with Gasteiger partial charge in [-0.25, -0.2) is 0 Å². The van der Waals surface area contributed by atoms with Gasteiger partial charge in [0.1, 0.15) is 13.4 Å². The Labute approximate surface area is 108 Å². The highest BCUT2D eigenvalue weighted by molar-refractivity contribution is 6.30. The van der Waals surface area contributed by atoms with Gasteiger partial charge in [-0.15, -0.1) is 0 Å². The average molecular weight is 245 g/mol. The topological polar surface area (TPSA) is 51.6 Å². The first kappa shape index (κ1) is 12.1. The predicted molar refractivity (Wildman–Crippen MR) is 66.6 cm³/mol. The van der Waals surface area contributed by atoms with Gasteiger partial charge in [-0.05, 0) is 24.5 Å². The molecule has 1 spiro atoms. The fraction of sp³-hybridized carbons (Fsp3) is 0.615. The van der Waals surface area contributed by atoms with Crippen LogP contribution in [0.1, 0.15) is 31.4 Å². The molecule has 1 saturated carbocycles. The van der Waals surface area contributed by atoms with Crippen molar-refractivity contribution in [3.05, 3.63) is 23.9 Å². The van der Waals surface area contributed by atoms with Crippen LogP contribution in [-0.2, 0) is 15.1 Å². The summed E-state index contributed by atoms with van der Waals surface area (Å²) in [5, 5.41) is 10.7. The molecule has 2 fully saturated rings. The van der Waals surface area contributed by atoms with E-state index in [9.17, 15) is 5.11 Å². The number of aromatic nitrogens is 1. The summed E-state index contributed by atoms with van der Waals surface area (Å²) in [4.78, 5) is 4.23. The van der Waals surface area contributed by atoms with Crippen molar-refractivity contribution in [1.29, 1.82) is 0 Å². The second-order valence-corrected chi connectivity index (χ2v) is 5.09. The minimum absolute atomic E-state index is 0.439. The Hall–Kier alpha value is -0.905. The Morgan fingerprint density at radius 2 is 1.78 bits per heavy atom. The maximum atomic E-state index is 10.7. The monoisotopic (exact) mass is 245 g/mol. The molecule has 2 aliphatic rings. The van der Waals surface area contributed by atoms with Crippen LogP contribution >= 0.6 is 0 Å². The van der Waals surface area contributed by atoms with Crippen molar-refractivity contribution >= 4 is 13.4 Å². The molecule has 0 amide bonds. The van der Waals surface area contributed by atoms with E-state index in [2.05, 4.69) is 4.98 Å². The van der Waals surface area contributed by atoms with Crippen LogP contribution in [0.2, 0.25) is 0 Å². The summed E-state index contributed by atoms with van der Waals surface area (Å²) in [5.41, 5.74) is 0.181. The van der Waals surface area contributed by atoms with Gasteiger partial charge in [0.05, 0.1) is 18.9 Å². The van der Waals surface area contributed by atoms with Gasteiger partial charge in [-0.3, -0.25) is 4.98 Å². The Kier molecular flexibility index (Phi) is 2.92. The molecule has 18 heavy (non-hydrogen) atoms. The molecule has 1 aromatic rings. The molecular formula is C13H16BNO3. The number of hydrogen-bond acceptors (Lipinski definition) is 4.